The molecule has 0 fully saturated rings. The third kappa shape index (κ3) is 39.1. The molecule has 0 spiro atoms. The Morgan fingerprint density at radius 1 is 0.612 bits per heavy atom. The van der Waals surface area contributed by atoms with E-state index in [9.17, 15) is 0 Å². The van der Waals surface area contributed by atoms with Crippen LogP contribution in [0.5, 0.6) is 0 Å². The maximum atomic E-state index is 8.36. The van der Waals surface area contributed by atoms with E-state index in [1.807, 2.05) is 303 Å². The monoisotopic (exact) mass is 1570 g/mol. The number of halogens is 3. The van der Waals surface area contributed by atoms with Crippen LogP contribution in [0, 0.1) is 28.6 Å². The SMILES string of the molecule is C.C.CC#CC.CCN(CC)CC.CCOC(=N)c1ccccc1.CI.C[n+]1cn(-c2ccccc2)nc1-c1ccccc1.Cl.N#Cc1ccccc1.NC(=NNc1ccccc1)c1ccccc1.NNc1ccccc1.O=CO.[I-].c1ccc(-c2ncn(-c3ccccc3)n2)cc1. The molecule has 0 unspecified atom stereocenters. The van der Waals surface area contributed by atoms with E-state index in [0.29, 0.717) is 18.0 Å². The molecular formula is C78H97ClI2N14O3. The smallest absolute Gasteiger partial charge is 0.309 e. The molecule has 0 atom stereocenters. The minimum Gasteiger partial charge on any atom is -1.00 e. The van der Waals surface area contributed by atoms with Crippen molar-refractivity contribution >= 4 is 64.6 Å². The fourth-order valence-electron chi connectivity index (χ4n) is 7.50. The Bertz CT molecular complexity index is 3730. The standard InChI is InChI=1S/C15H14N3.C14H11N3.C13H13N3.C9H11NO.C7H5N.C6H8N2.C6H15N.C4H6.CH3I.CH2O2.2CH4.ClH.HI/c1-17-12-18(14-10-6-3-7-11-14)16-15(17)13-8-4-2-5-9-13;1-3-7-12(8-4-1)14-15-11-17(16-14)13-9-5-2-6-10-13;14-13(11-7-3-1-4-8-11)16-15-12-9-5-2-6-10-12;1-2-11-9(10)8-6-4-3-5-7-8;8-6-7-4-2-1-3-5-7;7-8-6-4-2-1-3-5-6;1-4-7(5-2)6-3;1-3-4-2;1-2;2-1-3;;;;/h2-12H,1H3;1-11H;1-10,15H,(H2,14,16);3-7,10H,2H2,1H3;1-5H;1-5,8H,7H2;4-6H2,1-3H3;1-2H3;1H3;1H,(H,2,3);2*1H4;2*1H/q+1;;;;;;;;;;;;;/p-1. The third-order valence-corrected chi connectivity index (χ3v) is 12.3. The number of benzene rings is 9. The van der Waals surface area contributed by atoms with Gasteiger partial charge in [0.2, 0.25) is 12.2 Å². The number of ether oxygens (including phenoxy) is 1. The summed E-state index contributed by atoms with van der Waals surface area (Å²) in [6.45, 7) is 15.9. The number of amidine groups is 1. The Labute approximate surface area is 619 Å². The molecule has 518 valence electrons. The molecule has 0 radical (unpaired) electrons. The summed E-state index contributed by atoms with van der Waals surface area (Å²) in [5.41, 5.74) is 19.8. The topological polar surface area (TPSA) is 238 Å². The number of hydrogen-bond donors (Lipinski definition) is 6. The van der Waals surface area contributed by atoms with Gasteiger partial charge in [-0.3, -0.25) is 21.5 Å². The summed E-state index contributed by atoms with van der Waals surface area (Å²) in [6.07, 6.45) is 3.72. The maximum absolute atomic E-state index is 8.36. The molecule has 0 saturated heterocycles. The van der Waals surface area contributed by atoms with Crippen LogP contribution in [-0.4, -0.2) is 83.9 Å². The predicted octanol–water partition coefficient (Wildman–Crippen LogP) is 14.1. The highest BCUT2D eigenvalue weighted by Gasteiger charge is 2.17. The fraction of sp³-hybridized carbons (Fsp3) is 0.179. The number of hydrogen-bond acceptors (Lipinski definition) is 12. The average molecular weight is 1570 g/mol. The molecule has 8 N–H and O–H groups in total. The summed E-state index contributed by atoms with van der Waals surface area (Å²) in [7, 11) is 2.01. The molecule has 20 heteroatoms. The van der Waals surface area contributed by atoms with Gasteiger partial charge in [0, 0.05) is 22.4 Å². The van der Waals surface area contributed by atoms with Gasteiger partial charge in [-0.1, -0.05) is 251 Å². The molecule has 0 aliphatic carbocycles. The second-order valence-corrected chi connectivity index (χ2v) is 18.6. The zero-order chi connectivity index (χ0) is 68.7. The number of anilines is 2. The van der Waals surface area contributed by atoms with Gasteiger partial charge < -0.3 is 49.9 Å². The van der Waals surface area contributed by atoms with Gasteiger partial charge in [-0.05, 0) is 130 Å². The minimum atomic E-state index is -0.250. The minimum absolute atomic E-state index is 0. The predicted molar refractivity (Wildman–Crippen MR) is 416 cm³/mol. The number of hydrazine groups is 1. The van der Waals surface area contributed by atoms with Crippen molar-refractivity contribution in [1.82, 2.24) is 29.4 Å². The molecule has 9 aromatic carbocycles. The van der Waals surface area contributed by atoms with Crippen LogP contribution in [-0.2, 0) is 16.6 Å². The number of rotatable bonds is 13. The second-order valence-electron chi connectivity index (χ2n) is 18.6. The van der Waals surface area contributed by atoms with Crippen molar-refractivity contribution < 1.29 is 43.2 Å². The van der Waals surface area contributed by atoms with Gasteiger partial charge >= 0.3 is 5.82 Å². The van der Waals surface area contributed by atoms with Crippen LogP contribution in [0.25, 0.3) is 34.2 Å². The van der Waals surface area contributed by atoms with Crippen LogP contribution < -0.4 is 51.0 Å². The summed E-state index contributed by atoms with van der Waals surface area (Å²) in [5.74, 6) is 12.9. The summed E-state index contributed by atoms with van der Waals surface area (Å²) < 4.78 is 10.7. The van der Waals surface area contributed by atoms with Crippen LogP contribution in [0.15, 0.2) is 291 Å². The first-order valence-electron chi connectivity index (χ1n) is 30.1. The average Bonchev–Trinajstić information content (AvgIpc) is 1.69. The normalized spacial score (nSPS) is 8.98. The molecule has 0 aliphatic rings. The van der Waals surface area contributed by atoms with Crippen LogP contribution in [0.3, 0.4) is 0 Å². The first-order valence-corrected chi connectivity index (χ1v) is 32.2. The van der Waals surface area contributed by atoms with Crippen LogP contribution in [0.1, 0.15) is 73.1 Å². The van der Waals surface area contributed by atoms with Gasteiger partial charge in [0.15, 0.2) is 11.7 Å². The van der Waals surface area contributed by atoms with Crippen LogP contribution in [0.4, 0.5) is 11.4 Å². The number of nitriles is 1. The first-order chi connectivity index (χ1) is 46.0. The Balaban J connectivity index is -0.00000107. The molecule has 11 aromatic rings. The number of hydrazone groups is 1. The second kappa shape index (κ2) is 60.6. The van der Waals surface area contributed by atoms with Gasteiger partial charge in [0.25, 0.3) is 6.47 Å². The molecule has 11 rings (SSSR count). The lowest BCUT2D eigenvalue weighted by atomic mass is 10.2. The van der Waals surface area contributed by atoms with Crippen molar-refractivity contribution in [2.45, 2.75) is 56.4 Å². The number of aryl methyl sites for hydroxylation is 1. The van der Waals surface area contributed by atoms with E-state index in [0.717, 1.165) is 56.7 Å². The van der Waals surface area contributed by atoms with Gasteiger partial charge in [0.1, 0.15) is 12.0 Å². The van der Waals surface area contributed by atoms with Gasteiger partial charge in [-0.25, -0.2) is 14.2 Å². The molecule has 98 heavy (non-hydrogen) atoms. The van der Waals surface area contributed by atoms with E-state index >= 15 is 0 Å². The zero-order valence-electron chi connectivity index (χ0n) is 55.6. The molecule has 0 aliphatic heterocycles. The highest BCUT2D eigenvalue weighted by Crippen LogP contribution is 2.16. The van der Waals surface area contributed by atoms with E-state index in [-0.39, 0.29) is 63.6 Å². The molecule has 0 amide bonds. The molecule has 2 heterocycles. The Hall–Kier alpha value is -10.0. The molecule has 0 bridgehead atoms. The number of carbonyl (C=O) groups is 1. The van der Waals surface area contributed by atoms with Crippen molar-refractivity contribution in [2.75, 3.05) is 42.0 Å². The summed E-state index contributed by atoms with van der Waals surface area (Å²) in [6, 6.07) is 89.8. The lowest BCUT2D eigenvalue weighted by molar-refractivity contribution is -0.661. The van der Waals surface area contributed by atoms with E-state index < -0.39 is 0 Å². The Morgan fingerprint density at radius 3 is 1.35 bits per heavy atom. The van der Waals surface area contributed by atoms with Gasteiger partial charge in [-0.15, -0.1) is 29.3 Å². The first kappa shape index (κ1) is 92.2. The zero-order valence-corrected chi connectivity index (χ0v) is 60.8. The van der Waals surface area contributed by atoms with Crippen molar-refractivity contribution in [3.63, 3.8) is 0 Å². The number of nitrogens with zero attached hydrogens (tertiary/aromatic N) is 9. The summed E-state index contributed by atoms with van der Waals surface area (Å²) in [4.78, 5) is 17.0. The number of nitrogens with two attached hydrogens (primary N) is 2. The van der Waals surface area contributed by atoms with Gasteiger partial charge in [0.05, 0.1) is 47.3 Å². The van der Waals surface area contributed by atoms with E-state index in [2.05, 4.69) is 103 Å². The molecule has 2 aromatic heterocycles. The van der Waals surface area contributed by atoms with E-state index in [4.69, 9.17) is 36.9 Å². The number of carboxylic acid groups (broad SMARTS) is 1. The van der Waals surface area contributed by atoms with E-state index in [1.54, 1.807) is 23.1 Å². The third-order valence-electron chi connectivity index (χ3n) is 12.3. The molecular weight excluding hydrogens is 1470 g/mol. The van der Waals surface area contributed by atoms with Crippen molar-refractivity contribution in [1.29, 1.82) is 10.7 Å². The van der Waals surface area contributed by atoms with Crippen molar-refractivity contribution in [3.8, 4) is 52.1 Å². The van der Waals surface area contributed by atoms with Gasteiger partial charge in [-0.2, -0.15) is 10.4 Å². The maximum Gasteiger partial charge on any atom is 0.309 e. The number of para-hydroxylation sites is 4. The highest BCUT2D eigenvalue weighted by molar-refractivity contribution is 14.1. The molecule has 0 saturated carbocycles. The molecule has 17 nitrogen and oxygen atoms in total. The quantitative estimate of drug-likeness (QED) is 0.00727. The fourth-order valence-corrected chi connectivity index (χ4v) is 7.50. The van der Waals surface area contributed by atoms with E-state index in [1.165, 1.54) is 19.6 Å². The number of alkyl halides is 1. The summed E-state index contributed by atoms with van der Waals surface area (Å²) >= 11 is 2.15. The number of nitrogens with one attached hydrogen (secondary N) is 3. The highest BCUT2D eigenvalue weighted by atomic mass is 127. The lowest BCUT2D eigenvalue weighted by Gasteiger charge is -2.13. The number of aromatic nitrogens is 6. The van der Waals surface area contributed by atoms with Crippen molar-refractivity contribution in [3.05, 3.63) is 302 Å². The number of nitrogen functional groups attached to an aromatic ring is 1. The van der Waals surface area contributed by atoms with Crippen LogP contribution in [0.2, 0.25) is 0 Å². The van der Waals surface area contributed by atoms with Crippen LogP contribution >= 0.6 is 35.0 Å². The summed E-state index contributed by atoms with van der Waals surface area (Å²) in [5, 5.41) is 35.8. The Kier molecular flexibility index (Phi) is 57.0. The lowest BCUT2D eigenvalue weighted by Crippen LogP contribution is -3.00. The largest absolute Gasteiger partial charge is 1.00 e. The van der Waals surface area contributed by atoms with Crippen molar-refractivity contribution in [2.24, 2.45) is 23.7 Å². The Morgan fingerprint density at radius 2 is 0.980 bits per heavy atom.